The number of nitro groups is 1. The number of anilines is 1. The zero-order valence-electron chi connectivity index (χ0n) is 15.9. The van der Waals surface area contributed by atoms with Crippen molar-refractivity contribution in [3.05, 3.63) is 40.1 Å². The van der Waals surface area contributed by atoms with Crippen LogP contribution in [0.25, 0.3) is 0 Å². The summed E-state index contributed by atoms with van der Waals surface area (Å²) in [5.41, 5.74) is -0.659. The highest BCUT2D eigenvalue weighted by Gasteiger charge is 2.22. The van der Waals surface area contributed by atoms with E-state index in [-0.39, 0.29) is 27.2 Å². The highest BCUT2D eigenvalue weighted by Crippen LogP contribution is 2.30. The zero-order chi connectivity index (χ0) is 21.8. The van der Waals surface area contributed by atoms with Crippen LogP contribution in [0.4, 0.5) is 15.5 Å². The van der Waals surface area contributed by atoms with Gasteiger partial charge < -0.3 is 14.2 Å². The van der Waals surface area contributed by atoms with Gasteiger partial charge in [0.15, 0.2) is 0 Å². The molecule has 154 valence electrons. The Morgan fingerprint density at radius 3 is 2.45 bits per heavy atom. The first kappa shape index (κ1) is 21.8. The van der Waals surface area contributed by atoms with Gasteiger partial charge in [-0.25, -0.2) is 14.6 Å². The Morgan fingerprint density at radius 2 is 1.90 bits per heavy atom. The van der Waals surface area contributed by atoms with E-state index in [1.165, 1.54) is 18.2 Å². The molecule has 11 nitrogen and oxygen atoms in total. The lowest BCUT2D eigenvalue weighted by atomic mass is 10.2. The fraction of sp³-hybridized carbons (Fsp3) is 0.294. The number of nitrogens with zero attached hydrogens (tertiary/aromatic N) is 2. The number of carbonyl (C=O) groups excluding carboxylic acids is 3. The normalized spacial score (nSPS) is 10.8. The Balaban J connectivity index is 2.23. The van der Waals surface area contributed by atoms with E-state index >= 15 is 0 Å². The van der Waals surface area contributed by atoms with E-state index in [9.17, 15) is 24.5 Å². The Labute approximate surface area is 168 Å². The summed E-state index contributed by atoms with van der Waals surface area (Å²) in [5, 5.41) is 12.6. The average Bonchev–Trinajstić information content (AvgIpc) is 3.01. The Bertz CT molecular complexity index is 964. The molecule has 0 fully saturated rings. The molecule has 0 saturated carbocycles. The molecule has 12 heteroatoms. The molecule has 1 N–H and O–H groups in total. The molecular weight excluding hydrogens is 406 g/mol. The van der Waals surface area contributed by atoms with Crippen molar-refractivity contribution < 1.29 is 33.5 Å². The molecule has 2 aromatic rings. The highest BCUT2D eigenvalue weighted by atomic mass is 32.1. The number of nitrogens with one attached hydrogen (secondary N) is 1. The van der Waals surface area contributed by atoms with Crippen LogP contribution >= 0.6 is 11.3 Å². The largest absolute Gasteiger partial charge is 0.444 e. The third kappa shape index (κ3) is 6.53. The number of amides is 1. The minimum absolute atomic E-state index is 0.146. The molecule has 0 aliphatic heterocycles. The van der Waals surface area contributed by atoms with Crippen molar-refractivity contribution in [1.29, 1.82) is 0 Å². The first-order valence-corrected chi connectivity index (χ1v) is 8.91. The van der Waals surface area contributed by atoms with Gasteiger partial charge in [0.2, 0.25) is 0 Å². The van der Waals surface area contributed by atoms with Crippen LogP contribution in [0.3, 0.4) is 0 Å². The van der Waals surface area contributed by atoms with Crippen molar-refractivity contribution in [3.63, 3.8) is 0 Å². The Hall–Kier alpha value is -3.54. The smallest absolute Gasteiger partial charge is 0.412 e. The molecule has 1 aromatic carbocycles. The summed E-state index contributed by atoms with van der Waals surface area (Å²) in [7, 11) is 0. The average molecular weight is 423 g/mol. The second-order valence-corrected chi connectivity index (χ2v) is 7.51. The van der Waals surface area contributed by atoms with E-state index in [1.54, 1.807) is 20.8 Å². The molecule has 29 heavy (non-hydrogen) atoms. The van der Waals surface area contributed by atoms with E-state index in [1.807, 2.05) is 0 Å². The van der Waals surface area contributed by atoms with Crippen LogP contribution in [0.15, 0.2) is 24.4 Å². The van der Waals surface area contributed by atoms with Crippen LogP contribution in [0, 0.1) is 10.1 Å². The third-order valence-electron chi connectivity index (χ3n) is 2.93. The number of benzene rings is 1. The van der Waals surface area contributed by atoms with Gasteiger partial charge in [0.1, 0.15) is 23.1 Å². The lowest BCUT2D eigenvalue weighted by Gasteiger charge is -2.20. The molecule has 0 saturated heterocycles. The maximum Gasteiger partial charge on any atom is 0.412 e. The van der Waals surface area contributed by atoms with Crippen LogP contribution in [0.5, 0.6) is 10.9 Å². The SMILES string of the molecule is CC(=O)Oc1cc(NC(=O)OC(C)(C)C)ccc1C(=O)Oc1ncc([N+](=O)[O-])s1. The van der Waals surface area contributed by atoms with Gasteiger partial charge >= 0.3 is 23.0 Å². The molecule has 0 aliphatic carbocycles. The number of hydrogen-bond donors (Lipinski definition) is 1. The fourth-order valence-corrected chi connectivity index (χ4v) is 2.53. The molecule has 0 atom stereocenters. The standard InChI is InChI=1S/C17H17N3O8S/c1-9(21)26-12-7-10(19-15(23)28-17(2,3)4)5-6-11(12)14(22)27-16-18-8-13(29-16)20(24)25/h5-8H,1-4H3,(H,19,23). The van der Waals surface area contributed by atoms with E-state index in [0.717, 1.165) is 13.1 Å². The van der Waals surface area contributed by atoms with Gasteiger partial charge in [0.25, 0.3) is 5.19 Å². The summed E-state index contributed by atoms with van der Waals surface area (Å²) in [5.74, 6) is -1.84. The molecule has 0 unspecified atom stereocenters. The van der Waals surface area contributed by atoms with Crippen molar-refractivity contribution >= 4 is 40.1 Å². The van der Waals surface area contributed by atoms with E-state index in [2.05, 4.69) is 10.3 Å². The number of esters is 2. The summed E-state index contributed by atoms with van der Waals surface area (Å²) in [6.07, 6.45) is 0.213. The number of thiazole rings is 1. The van der Waals surface area contributed by atoms with Crippen LogP contribution in [-0.2, 0) is 9.53 Å². The van der Waals surface area contributed by atoms with Crippen LogP contribution in [0.2, 0.25) is 0 Å². The zero-order valence-corrected chi connectivity index (χ0v) is 16.7. The third-order valence-corrected chi connectivity index (χ3v) is 3.76. The maximum atomic E-state index is 12.4. The second kappa shape index (κ2) is 8.65. The van der Waals surface area contributed by atoms with Gasteiger partial charge in [-0.05, 0) is 44.2 Å². The van der Waals surface area contributed by atoms with Crippen molar-refractivity contribution in [2.24, 2.45) is 0 Å². The molecule has 0 bridgehead atoms. The van der Waals surface area contributed by atoms with Gasteiger partial charge in [-0.15, -0.1) is 0 Å². The van der Waals surface area contributed by atoms with Gasteiger partial charge in [-0.1, -0.05) is 0 Å². The van der Waals surface area contributed by atoms with Gasteiger partial charge in [0, 0.05) is 18.7 Å². The topological polar surface area (TPSA) is 147 Å². The van der Waals surface area contributed by atoms with Crippen molar-refractivity contribution in [3.8, 4) is 10.9 Å². The van der Waals surface area contributed by atoms with E-state index < -0.39 is 28.6 Å². The molecule has 1 heterocycles. The van der Waals surface area contributed by atoms with Crippen molar-refractivity contribution in [1.82, 2.24) is 4.98 Å². The number of hydrogen-bond acceptors (Lipinski definition) is 10. The Kier molecular flexibility index (Phi) is 6.49. The molecule has 0 aliphatic rings. The predicted octanol–water partition coefficient (Wildman–Crippen LogP) is 3.54. The molecule has 2 rings (SSSR count). The van der Waals surface area contributed by atoms with Gasteiger partial charge in [-0.2, -0.15) is 0 Å². The van der Waals surface area contributed by atoms with Gasteiger partial charge in [-0.3, -0.25) is 20.2 Å². The van der Waals surface area contributed by atoms with Crippen molar-refractivity contribution in [2.75, 3.05) is 5.32 Å². The Morgan fingerprint density at radius 1 is 1.21 bits per heavy atom. The summed E-state index contributed by atoms with van der Waals surface area (Å²) < 4.78 is 15.1. The quantitative estimate of drug-likeness (QED) is 0.330. The second-order valence-electron chi connectivity index (χ2n) is 6.54. The molecule has 0 radical (unpaired) electrons. The van der Waals surface area contributed by atoms with Crippen LogP contribution in [-0.4, -0.2) is 33.5 Å². The molecule has 0 spiro atoms. The van der Waals surface area contributed by atoms with Crippen LogP contribution in [0.1, 0.15) is 38.1 Å². The minimum atomic E-state index is -0.950. The summed E-state index contributed by atoms with van der Waals surface area (Å²) in [6.45, 7) is 6.21. The predicted molar refractivity (Wildman–Crippen MR) is 101 cm³/mol. The summed E-state index contributed by atoms with van der Waals surface area (Å²) in [4.78, 5) is 49.3. The number of rotatable bonds is 5. The molecule has 1 amide bonds. The fourth-order valence-electron chi connectivity index (χ4n) is 1.95. The van der Waals surface area contributed by atoms with E-state index in [4.69, 9.17) is 14.2 Å². The number of carbonyl (C=O) groups is 3. The monoisotopic (exact) mass is 423 g/mol. The summed E-state index contributed by atoms with van der Waals surface area (Å²) in [6, 6.07) is 3.87. The number of ether oxygens (including phenoxy) is 3. The maximum absolute atomic E-state index is 12.4. The number of aromatic nitrogens is 1. The molecule has 1 aromatic heterocycles. The lowest BCUT2D eigenvalue weighted by Crippen LogP contribution is -2.27. The van der Waals surface area contributed by atoms with Gasteiger partial charge in [0.05, 0.1) is 4.92 Å². The summed E-state index contributed by atoms with van der Waals surface area (Å²) >= 11 is 0.566. The molecular formula is C17H17N3O8S. The van der Waals surface area contributed by atoms with Crippen LogP contribution < -0.4 is 14.8 Å². The first-order chi connectivity index (χ1) is 13.4. The van der Waals surface area contributed by atoms with E-state index in [0.29, 0.717) is 11.3 Å². The lowest BCUT2D eigenvalue weighted by molar-refractivity contribution is -0.380. The first-order valence-electron chi connectivity index (χ1n) is 8.09. The highest BCUT2D eigenvalue weighted by molar-refractivity contribution is 7.16. The van der Waals surface area contributed by atoms with Crippen molar-refractivity contribution in [2.45, 2.75) is 33.3 Å². The minimum Gasteiger partial charge on any atom is -0.444 e.